The van der Waals surface area contributed by atoms with Crippen molar-refractivity contribution in [2.75, 3.05) is 20.1 Å². The van der Waals surface area contributed by atoms with Gasteiger partial charge in [0.1, 0.15) is 12.6 Å². The van der Waals surface area contributed by atoms with Crippen LogP contribution < -0.4 is 5.32 Å². The molecule has 1 aliphatic rings. The highest BCUT2D eigenvalue weighted by Crippen LogP contribution is 2.14. The van der Waals surface area contributed by atoms with E-state index in [0.717, 1.165) is 9.78 Å². The standard InChI is InChI=1S/C12H15N3O4S/c1-14(6-8-3-2-4-20-8)12(19)15-7-10(16)13-5-9(15)11(17)18/h2-4,9H,5-7H2,1H3,(H,13,16)(H,17,18). The molecular formula is C12H15N3O4S. The molecule has 0 aliphatic carbocycles. The molecule has 1 aliphatic heterocycles. The topological polar surface area (TPSA) is 90.0 Å². The first-order valence-electron chi connectivity index (χ1n) is 6.02. The van der Waals surface area contributed by atoms with Crippen LogP contribution >= 0.6 is 11.3 Å². The average molecular weight is 297 g/mol. The first-order valence-corrected chi connectivity index (χ1v) is 6.90. The van der Waals surface area contributed by atoms with Gasteiger partial charge in [-0.05, 0) is 11.4 Å². The summed E-state index contributed by atoms with van der Waals surface area (Å²) in [5.74, 6) is -1.47. The molecule has 0 aromatic carbocycles. The van der Waals surface area contributed by atoms with Crippen LogP contribution in [0.1, 0.15) is 4.88 Å². The summed E-state index contributed by atoms with van der Waals surface area (Å²) >= 11 is 1.51. The van der Waals surface area contributed by atoms with Crippen molar-refractivity contribution in [3.8, 4) is 0 Å². The van der Waals surface area contributed by atoms with E-state index in [1.807, 2.05) is 17.5 Å². The van der Waals surface area contributed by atoms with Crippen molar-refractivity contribution in [1.82, 2.24) is 15.1 Å². The molecule has 1 unspecified atom stereocenters. The van der Waals surface area contributed by atoms with Gasteiger partial charge in [0.2, 0.25) is 5.91 Å². The molecule has 0 bridgehead atoms. The third kappa shape index (κ3) is 3.08. The minimum atomic E-state index is -1.12. The molecule has 8 heteroatoms. The second-order valence-corrected chi connectivity index (χ2v) is 5.54. The monoisotopic (exact) mass is 297 g/mol. The number of nitrogens with zero attached hydrogens (tertiary/aromatic N) is 2. The Hall–Kier alpha value is -2.09. The summed E-state index contributed by atoms with van der Waals surface area (Å²) in [6, 6.07) is 2.30. The zero-order chi connectivity index (χ0) is 14.7. The van der Waals surface area contributed by atoms with E-state index in [2.05, 4.69) is 5.32 Å². The summed E-state index contributed by atoms with van der Waals surface area (Å²) in [7, 11) is 1.59. The van der Waals surface area contributed by atoms with E-state index in [-0.39, 0.29) is 19.0 Å². The molecule has 108 valence electrons. The number of carboxylic acid groups (broad SMARTS) is 1. The lowest BCUT2D eigenvalue weighted by Crippen LogP contribution is -2.61. The van der Waals surface area contributed by atoms with E-state index in [4.69, 9.17) is 5.11 Å². The summed E-state index contributed by atoms with van der Waals surface area (Å²) in [6.45, 7) is 0.0955. The van der Waals surface area contributed by atoms with Gasteiger partial charge >= 0.3 is 12.0 Å². The SMILES string of the molecule is CN(Cc1cccs1)C(=O)N1CC(=O)NCC1C(=O)O. The maximum Gasteiger partial charge on any atom is 0.328 e. The minimum absolute atomic E-state index is 0.0627. The molecule has 20 heavy (non-hydrogen) atoms. The zero-order valence-electron chi connectivity index (χ0n) is 10.9. The van der Waals surface area contributed by atoms with E-state index in [1.54, 1.807) is 7.05 Å². The molecule has 1 fully saturated rings. The number of carbonyl (C=O) groups excluding carboxylic acids is 2. The highest BCUT2D eigenvalue weighted by molar-refractivity contribution is 7.09. The van der Waals surface area contributed by atoms with Crippen molar-refractivity contribution in [2.45, 2.75) is 12.6 Å². The number of aliphatic carboxylic acids is 1. The molecule has 2 N–H and O–H groups in total. The number of carboxylic acids is 1. The van der Waals surface area contributed by atoms with Crippen molar-refractivity contribution in [3.05, 3.63) is 22.4 Å². The number of piperazine rings is 1. The quantitative estimate of drug-likeness (QED) is 0.833. The molecule has 3 amide bonds. The summed E-state index contributed by atoms with van der Waals surface area (Å²) in [4.78, 5) is 38.3. The van der Waals surface area contributed by atoms with Gasteiger partial charge < -0.3 is 15.3 Å². The Labute approximate surface area is 119 Å². The van der Waals surface area contributed by atoms with Gasteiger partial charge in [0.15, 0.2) is 0 Å². The summed E-state index contributed by atoms with van der Waals surface area (Å²) in [6.07, 6.45) is 0. The Balaban J connectivity index is 2.08. The Bertz CT molecular complexity index is 517. The molecule has 0 saturated carbocycles. The normalized spacial score (nSPS) is 18.6. The van der Waals surface area contributed by atoms with Gasteiger partial charge in [-0.3, -0.25) is 9.69 Å². The van der Waals surface area contributed by atoms with Crippen molar-refractivity contribution < 1.29 is 19.5 Å². The molecule has 2 heterocycles. The number of rotatable bonds is 3. The van der Waals surface area contributed by atoms with E-state index in [1.165, 1.54) is 16.2 Å². The molecule has 1 aromatic rings. The highest BCUT2D eigenvalue weighted by Gasteiger charge is 2.36. The number of amides is 3. The van der Waals surface area contributed by atoms with Crippen molar-refractivity contribution in [1.29, 1.82) is 0 Å². The van der Waals surface area contributed by atoms with E-state index in [9.17, 15) is 14.4 Å². The van der Waals surface area contributed by atoms with Crippen LogP contribution in [0.15, 0.2) is 17.5 Å². The van der Waals surface area contributed by atoms with Crippen molar-refractivity contribution >= 4 is 29.2 Å². The van der Waals surface area contributed by atoms with Gasteiger partial charge in [0, 0.05) is 18.5 Å². The smallest absolute Gasteiger partial charge is 0.328 e. The van der Waals surface area contributed by atoms with Crippen LogP contribution in [-0.2, 0) is 16.1 Å². The maximum atomic E-state index is 12.3. The molecule has 7 nitrogen and oxygen atoms in total. The van der Waals surface area contributed by atoms with Crippen LogP contribution in [0.4, 0.5) is 4.79 Å². The van der Waals surface area contributed by atoms with Gasteiger partial charge in [-0.2, -0.15) is 0 Å². The van der Waals surface area contributed by atoms with Crippen LogP contribution in [0.2, 0.25) is 0 Å². The predicted octanol–water partition coefficient (Wildman–Crippen LogP) is 0.185. The summed E-state index contributed by atoms with van der Waals surface area (Å²) in [5, 5.41) is 13.5. The first-order chi connectivity index (χ1) is 9.49. The van der Waals surface area contributed by atoms with E-state index >= 15 is 0 Å². The van der Waals surface area contributed by atoms with Gasteiger partial charge in [0.05, 0.1) is 6.54 Å². The van der Waals surface area contributed by atoms with Gasteiger partial charge in [-0.15, -0.1) is 11.3 Å². The lowest BCUT2D eigenvalue weighted by Gasteiger charge is -2.35. The number of carbonyl (C=O) groups is 3. The molecular weight excluding hydrogens is 282 g/mol. The van der Waals surface area contributed by atoms with Crippen LogP contribution in [0.25, 0.3) is 0 Å². The van der Waals surface area contributed by atoms with Crippen LogP contribution in [0, 0.1) is 0 Å². The fraction of sp³-hybridized carbons (Fsp3) is 0.417. The molecule has 0 spiro atoms. The van der Waals surface area contributed by atoms with Gasteiger partial charge in [-0.25, -0.2) is 9.59 Å². The molecule has 1 saturated heterocycles. The van der Waals surface area contributed by atoms with Crippen molar-refractivity contribution in [2.24, 2.45) is 0 Å². The lowest BCUT2D eigenvalue weighted by atomic mass is 10.2. The molecule has 2 rings (SSSR count). The largest absolute Gasteiger partial charge is 0.480 e. The molecule has 1 aromatic heterocycles. The summed E-state index contributed by atoms with van der Waals surface area (Å²) in [5.41, 5.74) is 0. The fourth-order valence-corrected chi connectivity index (χ4v) is 2.74. The predicted molar refractivity (Wildman–Crippen MR) is 72.3 cm³/mol. The summed E-state index contributed by atoms with van der Waals surface area (Å²) < 4.78 is 0. The Morgan fingerprint density at radius 3 is 2.95 bits per heavy atom. The maximum absolute atomic E-state index is 12.3. The Kier molecular flexibility index (Phi) is 4.23. The molecule has 0 radical (unpaired) electrons. The zero-order valence-corrected chi connectivity index (χ0v) is 11.7. The van der Waals surface area contributed by atoms with Gasteiger partial charge in [-0.1, -0.05) is 6.07 Å². The average Bonchev–Trinajstić information content (AvgIpc) is 2.90. The van der Waals surface area contributed by atoms with E-state index in [0.29, 0.717) is 6.54 Å². The number of hydrogen-bond donors (Lipinski definition) is 2. The lowest BCUT2D eigenvalue weighted by molar-refractivity contribution is -0.144. The third-order valence-electron chi connectivity index (χ3n) is 3.01. The number of urea groups is 1. The van der Waals surface area contributed by atoms with Crippen molar-refractivity contribution in [3.63, 3.8) is 0 Å². The number of nitrogens with one attached hydrogen (secondary N) is 1. The number of hydrogen-bond acceptors (Lipinski definition) is 4. The second kappa shape index (κ2) is 5.91. The minimum Gasteiger partial charge on any atom is -0.480 e. The van der Waals surface area contributed by atoms with Crippen LogP contribution in [0.5, 0.6) is 0 Å². The highest BCUT2D eigenvalue weighted by atomic mass is 32.1. The second-order valence-electron chi connectivity index (χ2n) is 4.50. The fourth-order valence-electron chi connectivity index (χ4n) is 1.99. The van der Waals surface area contributed by atoms with Crippen LogP contribution in [0.3, 0.4) is 0 Å². The number of thiophene rings is 1. The first kappa shape index (κ1) is 14.3. The third-order valence-corrected chi connectivity index (χ3v) is 3.87. The Morgan fingerprint density at radius 2 is 2.35 bits per heavy atom. The van der Waals surface area contributed by atoms with E-state index < -0.39 is 18.0 Å². The van der Waals surface area contributed by atoms with Crippen LogP contribution in [-0.4, -0.2) is 59.0 Å². The Morgan fingerprint density at radius 1 is 1.60 bits per heavy atom. The molecule has 1 atom stereocenters. The van der Waals surface area contributed by atoms with Gasteiger partial charge in [0.25, 0.3) is 0 Å².